The van der Waals surface area contributed by atoms with E-state index in [2.05, 4.69) is 12.2 Å². The summed E-state index contributed by atoms with van der Waals surface area (Å²) >= 11 is 5.28. The van der Waals surface area contributed by atoms with Gasteiger partial charge in [-0.05, 0) is 30.8 Å². The summed E-state index contributed by atoms with van der Waals surface area (Å²) in [6.07, 6.45) is 2.05. The summed E-state index contributed by atoms with van der Waals surface area (Å²) in [5, 5.41) is 3.71. The molecule has 0 saturated carbocycles. The topological polar surface area (TPSA) is 52.6 Å². The normalized spacial score (nSPS) is 16.2. The molecule has 1 heterocycles. The second-order valence-corrected chi connectivity index (χ2v) is 7.79. The van der Waals surface area contributed by atoms with E-state index in [0.29, 0.717) is 18.2 Å². The van der Waals surface area contributed by atoms with Gasteiger partial charge in [0.05, 0.1) is 0 Å². The van der Waals surface area contributed by atoms with E-state index in [9.17, 15) is 17.2 Å². The fourth-order valence-corrected chi connectivity index (χ4v) is 4.29. The van der Waals surface area contributed by atoms with Gasteiger partial charge in [-0.2, -0.15) is 4.31 Å². The maximum Gasteiger partial charge on any atom is 0.249 e. The van der Waals surface area contributed by atoms with Gasteiger partial charge in [0, 0.05) is 32.7 Å². The summed E-state index contributed by atoms with van der Waals surface area (Å²) in [7, 11) is -4.20. The van der Waals surface area contributed by atoms with E-state index in [1.54, 1.807) is 0 Å². The van der Waals surface area contributed by atoms with E-state index in [4.69, 9.17) is 12.2 Å². The van der Waals surface area contributed by atoms with Gasteiger partial charge in [0.25, 0.3) is 0 Å². The molecule has 1 N–H and O–H groups in total. The van der Waals surface area contributed by atoms with Gasteiger partial charge in [0.1, 0.15) is 11.6 Å². The molecule has 1 fully saturated rings. The van der Waals surface area contributed by atoms with E-state index in [0.717, 1.165) is 41.9 Å². The third-order valence-corrected chi connectivity index (χ3v) is 6.20. The first kappa shape index (κ1) is 19.0. The van der Waals surface area contributed by atoms with Crippen LogP contribution in [0.1, 0.15) is 19.8 Å². The van der Waals surface area contributed by atoms with Crippen molar-refractivity contribution >= 4 is 27.4 Å². The molecule has 5 nitrogen and oxygen atoms in total. The van der Waals surface area contributed by atoms with Crippen LogP contribution < -0.4 is 5.32 Å². The lowest BCUT2D eigenvalue weighted by atomic mass is 10.3. The number of hydrogen-bond acceptors (Lipinski definition) is 3. The zero-order valence-electron chi connectivity index (χ0n) is 13.5. The first-order chi connectivity index (χ1) is 11.4. The highest BCUT2D eigenvalue weighted by Crippen LogP contribution is 2.23. The van der Waals surface area contributed by atoms with Gasteiger partial charge < -0.3 is 10.2 Å². The highest BCUT2D eigenvalue weighted by atomic mass is 32.2. The Morgan fingerprint density at radius 3 is 2.33 bits per heavy atom. The van der Waals surface area contributed by atoms with Gasteiger partial charge in [-0.25, -0.2) is 17.2 Å². The monoisotopic (exact) mass is 377 g/mol. The summed E-state index contributed by atoms with van der Waals surface area (Å²) in [4.78, 5) is 0.983. The molecule has 9 heteroatoms. The van der Waals surface area contributed by atoms with E-state index in [1.165, 1.54) is 0 Å². The molecule has 1 saturated heterocycles. The van der Waals surface area contributed by atoms with Crippen molar-refractivity contribution < 1.29 is 17.2 Å². The SMILES string of the molecule is CCCCNC(=S)N1CCN(S(=O)(=O)c2c(F)cccc2F)CC1. The van der Waals surface area contributed by atoms with Crippen LogP contribution in [0.5, 0.6) is 0 Å². The lowest BCUT2D eigenvalue weighted by Crippen LogP contribution is -2.53. The molecule has 1 aromatic carbocycles. The molecule has 0 atom stereocenters. The summed E-state index contributed by atoms with van der Waals surface area (Å²) in [6.45, 7) is 3.88. The van der Waals surface area contributed by atoms with Crippen LogP contribution in [-0.2, 0) is 10.0 Å². The van der Waals surface area contributed by atoms with Crippen LogP contribution in [0.25, 0.3) is 0 Å². The molecule has 0 radical (unpaired) electrons. The van der Waals surface area contributed by atoms with Gasteiger partial charge in [-0.3, -0.25) is 0 Å². The molecule has 24 heavy (non-hydrogen) atoms. The second kappa shape index (κ2) is 8.17. The van der Waals surface area contributed by atoms with E-state index in [-0.39, 0.29) is 13.1 Å². The zero-order chi connectivity index (χ0) is 17.7. The Labute approximate surface area is 146 Å². The average Bonchev–Trinajstić information content (AvgIpc) is 2.54. The molecule has 2 rings (SSSR count). The zero-order valence-corrected chi connectivity index (χ0v) is 15.1. The number of unbranched alkanes of at least 4 members (excludes halogenated alkanes) is 1. The molecule has 0 unspecified atom stereocenters. The third-order valence-electron chi connectivity index (χ3n) is 3.85. The number of rotatable bonds is 5. The number of nitrogens with one attached hydrogen (secondary N) is 1. The molecule has 1 aliphatic heterocycles. The largest absolute Gasteiger partial charge is 0.363 e. The maximum absolute atomic E-state index is 13.8. The van der Waals surface area contributed by atoms with Crippen LogP contribution in [0.4, 0.5) is 8.78 Å². The Balaban J connectivity index is 2.02. The molecular weight excluding hydrogens is 356 g/mol. The minimum absolute atomic E-state index is 0.131. The number of piperazine rings is 1. The van der Waals surface area contributed by atoms with Crippen molar-refractivity contribution in [3.05, 3.63) is 29.8 Å². The van der Waals surface area contributed by atoms with Crippen LogP contribution >= 0.6 is 12.2 Å². The predicted molar refractivity (Wildman–Crippen MR) is 92.2 cm³/mol. The molecule has 1 aromatic rings. The summed E-state index contributed by atoms with van der Waals surface area (Å²) in [6, 6.07) is 3.03. The first-order valence-electron chi connectivity index (χ1n) is 7.85. The number of sulfonamides is 1. The smallest absolute Gasteiger partial charge is 0.249 e. The number of benzene rings is 1. The molecule has 134 valence electrons. The first-order valence-corrected chi connectivity index (χ1v) is 9.69. The Hall–Kier alpha value is -1.32. The van der Waals surface area contributed by atoms with E-state index < -0.39 is 26.6 Å². The molecule has 0 amide bonds. The minimum Gasteiger partial charge on any atom is -0.363 e. The molecule has 0 spiro atoms. The molecule has 1 aliphatic rings. The number of thiocarbonyl (C=S) groups is 1. The van der Waals surface area contributed by atoms with Crippen LogP contribution in [0.15, 0.2) is 23.1 Å². The van der Waals surface area contributed by atoms with E-state index >= 15 is 0 Å². The maximum atomic E-state index is 13.8. The minimum atomic E-state index is -4.20. The molecule has 0 bridgehead atoms. The van der Waals surface area contributed by atoms with Crippen molar-refractivity contribution in [3.63, 3.8) is 0 Å². The quantitative estimate of drug-likeness (QED) is 0.628. The van der Waals surface area contributed by atoms with Crippen LogP contribution in [0.3, 0.4) is 0 Å². The van der Waals surface area contributed by atoms with Gasteiger partial charge in [-0.15, -0.1) is 0 Å². The summed E-state index contributed by atoms with van der Waals surface area (Å²) in [5.41, 5.74) is 0. The predicted octanol–water partition coefficient (Wildman–Crippen LogP) is 1.95. The highest BCUT2D eigenvalue weighted by molar-refractivity contribution is 7.89. The van der Waals surface area contributed by atoms with Gasteiger partial charge in [-0.1, -0.05) is 19.4 Å². The average molecular weight is 377 g/mol. The van der Waals surface area contributed by atoms with Crippen molar-refractivity contribution in [2.24, 2.45) is 0 Å². The highest BCUT2D eigenvalue weighted by Gasteiger charge is 2.33. The third kappa shape index (κ3) is 4.20. The van der Waals surface area contributed by atoms with Crippen molar-refractivity contribution in [2.75, 3.05) is 32.7 Å². The second-order valence-electron chi connectivity index (χ2n) is 5.53. The standard InChI is InChI=1S/C15H21F2N3O2S2/c1-2-3-7-18-15(23)19-8-10-20(11-9-19)24(21,22)14-12(16)5-4-6-13(14)17/h4-6H,2-3,7-11H2,1H3,(H,18,23). The van der Waals surface area contributed by atoms with Crippen LogP contribution in [0, 0.1) is 11.6 Å². The van der Waals surface area contributed by atoms with Crippen molar-refractivity contribution in [3.8, 4) is 0 Å². The van der Waals surface area contributed by atoms with Gasteiger partial charge in [0.15, 0.2) is 10.0 Å². The fourth-order valence-electron chi connectivity index (χ4n) is 2.47. The van der Waals surface area contributed by atoms with Crippen molar-refractivity contribution in [1.29, 1.82) is 0 Å². The fraction of sp³-hybridized carbons (Fsp3) is 0.533. The van der Waals surface area contributed by atoms with Gasteiger partial charge >= 0.3 is 0 Å². The van der Waals surface area contributed by atoms with Crippen LogP contribution in [-0.4, -0.2) is 55.5 Å². The Kier molecular flexibility index (Phi) is 6.47. The Morgan fingerprint density at radius 1 is 1.21 bits per heavy atom. The summed E-state index contributed by atoms with van der Waals surface area (Å²) < 4.78 is 53.7. The lowest BCUT2D eigenvalue weighted by molar-refractivity contribution is 0.262. The Bertz CT molecular complexity index is 670. The molecule has 0 aliphatic carbocycles. The summed E-state index contributed by atoms with van der Waals surface area (Å²) in [5.74, 6) is -2.15. The van der Waals surface area contributed by atoms with Crippen molar-refractivity contribution in [2.45, 2.75) is 24.7 Å². The number of hydrogen-bond donors (Lipinski definition) is 1. The van der Waals surface area contributed by atoms with E-state index in [1.807, 2.05) is 4.90 Å². The van der Waals surface area contributed by atoms with Crippen molar-refractivity contribution in [1.82, 2.24) is 14.5 Å². The number of halogens is 2. The van der Waals surface area contributed by atoms with Gasteiger partial charge in [0.2, 0.25) is 10.0 Å². The lowest BCUT2D eigenvalue weighted by Gasteiger charge is -2.35. The Morgan fingerprint density at radius 2 is 1.79 bits per heavy atom. The molecular formula is C15H21F2N3O2S2. The van der Waals surface area contributed by atoms with Crippen LogP contribution in [0.2, 0.25) is 0 Å². The molecule has 0 aromatic heterocycles. The number of nitrogens with zero attached hydrogens (tertiary/aromatic N) is 2.